The summed E-state index contributed by atoms with van der Waals surface area (Å²) < 4.78 is 34.9. The highest BCUT2D eigenvalue weighted by molar-refractivity contribution is 5.69. The Morgan fingerprint density at radius 2 is 1.48 bits per heavy atom. The molecule has 50 heavy (non-hydrogen) atoms. The van der Waals surface area contributed by atoms with Gasteiger partial charge in [0.15, 0.2) is 6.29 Å². The van der Waals surface area contributed by atoms with Crippen molar-refractivity contribution in [2.75, 3.05) is 20.2 Å². The first-order chi connectivity index (χ1) is 22.8. The first kappa shape index (κ1) is 41.5. The van der Waals surface area contributed by atoms with Crippen LogP contribution in [0.4, 0.5) is 14.4 Å². The molecule has 1 saturated carbocycles. The van der Waals surface area contributed by atoms with Gasteiger partial charge in [0, 0.05) is 19.0 Å². The molecule has 0 radical (unpaired) electrons. The fourth-order valence-corrected chi connectivity index (χ4v) is 6.56. The molecule has 16 nitrogen and oxygen atoms in total. The normalized spacial score (nSPS) is 33.7. The van der Waals surface area contributed by atoms with Crippen molar-refractivity contribution < 1.29 is 58.1 Å². The average Bonchev–Trinajstić information content (AvgIpc) is 2.93. The van der Waals surface area contributed by atoms with Crippen LogP contribution in [0.15, 0.2) is 11.8 Å². The number of carbonyl (C=O) groups is 3. The molecule has 10 atom stereocenters. The van der Waals surface area contributed by atoms with Crippen LogP contribution in [0.5, 0.6) is 0 Å². The topological polar surface area (TPSA) is 221 Å². The number of alkyl carbamates (subject to hydrolysis) is 2. The van der Waals surface area contributed by atoms with Gasteiger partial charge in [-0.05, 0) is 94.6 Å². The molecular weight excluding hydrogens is 656 g/mol. The van der Waals surface area contributed by atoms with E-state index in [2.05, 4.69) is 10.6 Å². The van der Waals surface area contributed by atoms with Gasteiger partial charge in [0.05, 0.1) is 31.3 Å². The highest BCUT2D eigenvalue weighted by Crippen LogP contribution is 2.38. The lowest BCUT2D eigenvalue weighted by Crippen LogP contribution is -2.70. The summed E-state index contributed by atoms with van der Waals surface area (Å²) in [4.78, 5) is 40.3. The predicted molar refractivity (Wildman–Crippen MR) is 181 cm³/mol. The van der Waals surface area contributed by atoms with Gasteiger partial charge in [0.1, 0.15) is 46.5 Å². The molecule has 0 aromatic carbocycles. The fraction of sp³-hybridized carbons (Fsp3) is 0.853. The number of allylic oxidation sites excluding steroid dienone is 1. The van der Waals surface area contributed by atoms with E-state index in [1.165, 1.54) is 14.0 Å². The lowest BCUT2D eigenvalue weighted by atomic mass is 9.73. The number of nitrogens with one attached hydrogen (secondary N) is 2. The Morgan fingerprint density at radius 1 is 0.940 bits per heavy atom. The first-order valence-electron chi connectivity index (χ1n) is 17.2. The Bertz CT molecular complexity index is 1220. The van der Waals surface area contributed by atoms with Crippen LogP contribution in [0, 0.1) is 5.92 Å². The van der Waals surface area contributed by atoms with Crippen LogP contribution < -0.4 is 16.4 Å². The standard InChI is InChI=1S/C34H60N4O12/c1-31(2,3)48-28(41)36-19-15-20(37-29(42)49-32(4,5)6)25(23(39)22(19)21-14-12-13-18(16-35)46-21)47-27-24(40)26(34(10,44)17-45-27)38(11)30(43)50-33(7,8)9/h13,19-27,39-40,44H,12,14-17,35H2,1-11H3,(H,36,41)(H,37,42). The minimum atomic E-state index is -1.73. The van der Waals surface area contributed by atoms with Crippen molar-refractivity contribution in [2.24, 2.45) is 11.7 Å². The zero-order chi connectivity index (χ0) is 38.0. The van der Waals surface area contributed by atoms with Gasteiger partial charge in [-0.1, -0.05) is 0 Å². The van der Waals surface area contributed by atoms with Crippen molar-refractivity contribution in [1.29, 1.82) is 0 Å². The molecule has 2 fully saturated rings. The van der Waals surface area contributed by atoms with Crippen LogP contribution in [-0.4, -0.2) is 130 Å². The van der Waals surface area contributed by atoms with Crippen LogP contribution in [0.3, 0.4) is 0 Å². The van der Waals surface area contributed by atoms with Gasteiger partial charge in [-0.3, -0.25) is 0 Å². The molecule has 2 heterocycles. The summed E-state index contributed by atoms with van der Waals surface area (Å²) in [6, 6.07) is -3.07. The summed E-state index contributed by atoms with van der Waals surface area (Å²) in [6.07, 6.45) is -5.85. The summed E-state index contributed by atoms with van der Waals surface area (Å²) in [7, 11) is 1.38. The van der Waals surface area contributed by atoms with Gasteiger partial charge >= 0.3 is 18.3 Å². The maximum absolute atomic E-state index is 13.1. The largest absolute Gasteiger partial charge is 0.493 e. The number of hydrogen-bond acceptors (Lipinski definition) is 13. The molecular formula is C34H60N4O12. The molecule has 2 aliphatic heterocycles. The zero-order valence-corrected chi connectivity index (χ0v) is 31.3. The minimum Gasteiger partial charge on any atom is -0.493 e. The number of rotatable bonds is 7. The van der Waals surface area contributed by atoms with Crippen LogP contribution in [0.1, 0.15) is 88.5 Å². The highest BCUT2D eigenvalue weighted by atomic mass is 16.7. The number of likely N-dealkylation sites (N-methyl/N-ethyl adjacent to an activating group) is 1. The number of aliphatic hydroxyl groups is 3. The van der Waals surface area contributed by atoms with Crippen molar-refractivity contribution in [3.63, 3.8) is 0 Å². The van der Waals surface area contributed by atoms with Crippen LogP contribution in [0.2, 0.25) is 0 Å². The van der Waals surface area contributed by atoms with E-state index in [-0.39, 0.29) is 19.6 Å². The summed E-state index contributed by atoms with van der Waals surface area (Å²) in [5.41, 5.74) is 1.63. The van der Waals surface area contributed by atoms with Gasteiger partial charge in [-0.15, -0.1) is 0 Å². The third-order valence-electron chi connectivity index (χ3n) is 8.43. The summed E-state index contributed by atoms with van der Waals surface area (Å²) >= 11 is 0. The van der Waals surface area contributed by atoms with Crippen molar-refractivity contribution in [1.82, 2.24) is 15.5 Å². The SMILES string of the molecule is CN(C(=O)OC(C)(C)C)C1C(O)C(OC2C(NC(=O)OC(C)(C)C)CC(NC(=O)OC(C)(C)C)C(C3CCC=C(CN)O3)C2O)OCC1(C)O. The van der Waals surface area contributed by atoms with Gasteiger partial charge < -0.3 is 65.0 Å². The monoisotopic (exact) mass is 716 g/mol. The number of hydrogen-bond donors (Lipinski definition) is 6. The molecule has 0 aromatic rings. The molecule has 3 rings (SSSR count). The van der Waals surface area contributed by atoms with Gasteiger partial charge in [0.2, 0.25) is 0 Å². The van der Waals surface area contributed by atoms with Crippen molar-refractivity contribution in [3.05, 3.63) is 11.8 Å². The quantitative estimate of drug-likeness (QED) is 0.209. The fourth-order valence-electron chi connectivity index (χ4n) is 6.56. The molecule has 1 saturated heterocycles. The molecule has 0 bridgehead atoms. The van der Waals surface area contributed by atoms with Gasteiger partial charge in [-0.2, -0.15) is 0 Å². The number of aliphatic hydroxyl groups excluding tert-OH is 2. The Labute approximate surface area is 295 Å². The lowest BCUT2D eigenvalue weighted by Gasteiger charge is -2.51. The molecule has 288 valence electrons. The van der Waals surface area contributed by atoms with Crippen molar-refractivity contribution in [2.45, 2.75) is 160 Å². The molecule has 16 heteroatoms. The Kier molecular flexibility index (Phi) is 13.1. The second-order valence-electron chi connectivity index (χ2n) is 16.6. The summed E-state index contributed by atoms with van der Waals surface area (Å²) in [5, 5.41) is 40.6. The smallest absolute Gasteiger partial charge is 0.410 e. The van der Waals surface area contributed by atoms with Crippen LogP contribution in [-0.2, 0) is 28.4 Å². The molecule has 0 aromatic heterocycles. The van der Waals surface area contributed by atoms with E-state index in [0.717, 1.165) is 4.90 Å². The van der Waals surface area contributed by atoms with E-state index in [9.17, 15) is 29.7 Å². The summed E-state index contributed by atoms with van der Waals surface area (Å²) in [5.74, 6) is -0.291. The third kappa shape index (κ3) is 11.3. The Balaban J connectivity index is 2.01. The lowest BCUT2D eigenvalue weighted by molar-refractivity contribution is -0.305. The van der Waals surface area contributed by atoms with E-state index in [1.54, 1.807) is 62.3 Å². The maximum Gasteiger partial charge on any atom is 0.410 e. The number of ether oxygens (including phenoxy) is 6. The van der Waals surface area contributed by atoms with Crippen LogP contribution >= 0.6 is 0 Å². The zero-order valence-electron chi connectivity index (χ0n) is 31.3. The Hall–Kier alpha value is -2.89. The summed E-state index contributed by atoms with van der Waals surface area (Å²) in [6.45, 7) is 16.5. The second-order valence-corrected chi connectivity index (χ2v) is 16.6. The van der Waals surface area contributed by atoms with Crippen LogP contribution in [0.25, 0.3) is 0 Å². The molecule has 1 aliphatic carbocycles. The van der Waals surface area contributed by atoms with E-state index >= 15 is 0 Å². The predicted octanol–water partition coefficient (Wildman–Crippen LogP) is 2.26. The van der Waals surface area contributed by atoms with E-state index in [0.29, 0.717) is 18.6 Å². The number of amides is 3. The minimum absolute atomic E-state index is 0.0220. The maximum atomic E-state index is 13.1. The van der Waals surface area contributed by atoms with E-state index < -0.39 is 95.4 Å². The number of nitrogens with two attached hydrogens (primary N) is 1. The number of carbonyl (C=O) groups excluding carboxylic acids is 3. The Morgan fingerprint density at radius 3 is 2.00 bits per heavy atom. The average molecular weight is 717 g/mol. The molecule has 7 N–H and O–H groups in total. The third-order valence-corrected chi connectivity index (χ3v) is 8.43. The second kappa shape index (κ2) is 15.8. The van der Waals surface area contributed by atoms with Crippen molar-refractivity contribution >= 4 is 18.3 Å². The van der Waals surface area contributed by atoms with E-state index in [1.807, 2.05) is 6.08 Å². The van der Waals surface area contributed by atoms with Gasteiger partial charge in [0.25, 0.3) is 0 Å². The van der Waals surface area contributed by atoms with E-state index in [4.69, 9.17) is 34.2 Å². The van der Waals surface area contributed by atoms with Gasteiger partial charge in [-0.25, -0.2) is 14.4 Å². The first-order valence-corrected chi connectivity index (χ1v) is 17.2. The molecule has 0 spiro atoms. The molecule has 3 aliphatic rings. The molecule has 3 amide bonds. The number of nitrogens with zero attached hydrogens (tertiary/aromatic N) is 1. The van der Waals surface area contributed by atoms with Crippen molar-refractivity contribution in [3.8, 4) is 0 Å². The highest BCUT2D eigenvalue weighted by Gasteiger charge is 2.55. The molecule has 10 unspecified atom stereocenters.